The Kier molecular flexibility index (Phi) is 7.08. The second kappa shape index (κ2) is 9.41. The van der Waals surface area contributed by atoms with Crippen molar-refractivity contribution in [2.24, 2.45) is 34.5 Å². The van der Waals surface area contributed by atoms with Crippen molar-refractivity contribution in [1.29, 1.82) is 0 Å². The molecule has 0 aromatic heterocycles. The molecule has 0 saturated heterocycles. The topological polar surface area (TPSA) is 80.7 Å². The van der Waals surface area contributed by atoms with E-state index in [4.69, 9.17) is 4.74 Å². The van der Waals surface area contributed by atoms with E-state index in [1.807, 2.05) is 6.92 Å². The number of esters is 1. The number of halogens is 3. The van der Waals surface area contributed by atoms with Gasteiger partial charge in [-0.25, -0.2) is 13.2 Å². The first-order valence-corrected chi connectivity index (χ1v) is 13.2. The van der Waals surface area contributed by atoms with Crippen LogP contribution in [0.3, 0.4) is 0 Å². The number of carbonyl (C=O) groups excluding carboxylic acids is 3. The molecule has 4 aliphatic rings. The molecule has 5 nitrogen and oxygen atoms in total. The monoisotopic (exact) mass is 510 g/mol. The average molecular weight is 511 g/mol. The molecule has 3 saturated carbocycles. The third-order valence-electron chi connectivity index (χ3n) is 9.89. The van der Waals surface area contributed by atoms with Gasteiger partial charge in [0.15, 0.2) is 18.1 Å². The van der Waals surface area contributed by atoms with Crippen molar-refractivity contribution < 1.29 is 37.4 Å². The normalized spacial score (nSPS) is 43.6. The first-order valence-electron chi connectivity index (χ1n) is 13.2. The van der Waals surface area contributed by atoms with E-state index in [0.717, 1.165) is 18.9 Å². The molecule has 0 radical (unpaired) electrons. The highest BCUT2D eigenvalue weighted by molar-refractivity contribution is 6.04. The Morgan fingerprint density at radius 2 is 1.92 bits per heavy atom. The lowest BCUT2D eigenvalue weighted by Crippen LogP contribution is -2.64. The predicted octanol–water partition coefficient (Wildman–Crippen LogP) is 5.16. The summed E-state index contributed by atoms with van der Waals surface area (Å²) in [5, 5.41) is 11.5. The number of fused-ring (bicyclic) bond motifs is 5. The lowest BCUT2D eigenvalue weighted by atomic mass is 9.45. The molecule has 4 aliphatic carbocycles. The number of allylic oxidation sites excluding steroid dienone is 4. The summed E-state index contributed by atoms with van der Waals surface area (Å²) in [5.41, 5.74) is -4.33. The second-order valence-electron chi connectivity index (χ2n) is 11.8. The number of rotatable bonds is 7. The van der Waals surface area contributed by atoms with Gasteiger partial charge < -0.3 is 9.84 Å². The summed E-state index contributed by atoms with van der Waals surface area (Å²) in [4.78, 5) is 38.1. The Hall–Kier alpha value is -1.96. The first kappa shape index (κ1) is 27.1. The number of alkyl halides is 2. The fourth-order valence-corrected chi connectivity index (χ4v) is 8.47. The van der Waals surface area contributed by atoms with Gasteiger partial charge in [0, 0.05) is 34.7 Å². The SMILES string of the molecule is CCCCCC(=O)O[C@]1(C(=O)CF)[C@H](C)C[C@H]2[C@@H]3C[C@H](F)C4=C(F)C(=O)C=C[C@]4(C)[C@H]3[C@@H](O)C[C@@]21C. The van der Waals surface area contributed by atoms with Crippen molar-refractivity contribution in [1.82, 2.24) is 0 Å². The molecule has 9 atom stereocenters. The summed E-state index contributed by atoms with van der Waals surface area (Å²) in [7, 11) is 0. The minimum atomic E-state index is -1.77. The highest BCUT2D eigenvalue weighted by atomic mass is 19.1. The van der Waals surface area contributed by atoms with Crippen LogP contribution < -0.4 is 0 Å². The lowest BCUT2D eigenvalue weighted by Gasteiger charge is -2.60. The maximum Gasteiger partial charge on any atom is 0.306 e. The molecule has 0 amide bonds. The zero-order valence-electron chi connectivity index (χ0n) is 21.5. The Balaban J connectivity index is 1.76. The fourth-order valence-electron chi connectivity index (χ4n) is 8.47. The Morgan fingerprint density at radius 1 is 1.22 bits per heavy atom. The lowest BCUT2D eigenvalue weighted by molar-refractivity contribution is -0.206. The van der Waals surface area contributed by atoms with E-state index < -0.39 is 76.5 Å². The molecule has 0 aromatic rings. The van der Waals surface area contributed by atoms with E-state index in [1.165, 1.54) is 6.08 Å². The zero-order valence-corrected chi connectivity index (χ0v) is 21.5. The van der Waals surface area contributed by atoms with Crippen molar-refractivity contribution in [2.45, 2.75) is 90.5 Å². The maximum absolute atomic E-state index is 15.6. The van der Waals surface area contributed by atoms with Crippen molar-refractivity contribution in [3.8, 4) is 0 Å². The summed E-state index contributed by atoms with van der Waals surface area (Å²) < 4.78 is 50.4. The summed E-state index contributed by atoms with van der Waals surface area (Å²) >= 11 is 0. The van der Waals surface area contributed by atoms with E-state index in [9.17, 15) is 28.3 Å². The molecule has 0 spiro atoms. The third kappa shape index (κ3) is 3.64. The molecule has 3 fully saturated rings. The van der Waals surface area contributed by atoms with E-state index in [-0.39, 0.29) is 30.8 Å². The van der Waals surface area contributed by atoms with Gasteiger partial charge in [0.1, 0.15) is 6.17 Å². The number of hydrogen-bond acceptors (Lipinski definition) is 5. The van der Waals surface area contributed by atoms with Crippen LogP contribution in [0.2, 0.25) is 0 Å². The van der Waals surface area contributed by atoms with Gasteiger partial charge in [0.2, 0.25) is 11.6 Å². The molecular weight excluding hydrogens is 473 g/mol. The number of aliphatic hydroxyl groups is 1. The van der Waals surface area contributed by atoms with E-state index in [2.05, 4.69) is 0 Å². The van der Waals surface area contributed by atoms with Crippen LogP contribution in [0.1, 0.15) is 72.6 Å². The highest BCUT2D eigenvalue weighted by Crippen LogP contribution is 2.69. The van der Waals surface area contributed by atoms with Crippen molar-refractivity contribution in [3.63, 3.8) is 0 Å². The van der Waals surface area contributed by atoms with Gasteiger partial charge in [0.25, 0.3) is 0 Å². The summed E-state index contributed by atoms with van der Waals surface area (Å²) in [5.74, 6) is -5.38. The van der Waals surface area contributed by atoms with Gasteiger partial charge in [-0.3, -0.25) is 14.4 Å². The smallest absolute Gasteiger partial charge is 0.306 e. The minimum absolute atomic E-state index is 0.0143. The summed E-state index contributed by atoms with van der Waals surface area (Å²) in [6.45, 7) is 5.82. The Bertz CT molecular complexity index is 1010. The van der Waals surface area contributed by atoms with Crippen LogP contribution in [0.5, 0.6) is 0 Å². The molecular formula is C28H37F3O5. The van der Waals surface area contributed by atoms with Crippen LogP contribution in [0.4, 0.5) is 13.2 Å². The van der Waals surface area contributed by atoms with Crippen LogP contribution >= 0.6 is 0 Å². The molecule has 4 rings (SSSR count). The number of unbranched alkanes of at least 4 members (excludes halogenated alkanes) is 2. The van der Waals surface area contributed by atoms with Crippen LogP contribution in [0.25, 0.3) is 0 Å². The van der Waals surface area contributed by atoms with Gasteiger partial charge in [-0.05, 0) is 43.6 Å². The second-order valence-corrected chi connectivity index (χ2v) is 11.8. The number of carbonyl (C=O) groups is 3. The van der Waals surface area contributed by atoms with Gasteiger partial charge in [-0.2, -0.15) is 0 Å². The van der Waals surface area contributed by atoms with Crippen molar-refractivity contribution in [3.05, 3.63) is 23.6 Å². The molecule has 1 N–H and O–H groups in total. The van der Waals surface area contributed by atoms with E-state index in [0.29, 0.717) is 12.8 Å². The van der Waals surface area contributed by atoms with Crippen LogP contribution in [-0.4, -0.2) is 47.2 Å². The summed E-state index contributed by atoms with van der Waals surface area (Å²) in [6, 6.07) is 0. The number of ether oxygens (including phenoxy) is 1. The average Bonchev–Trinajstić information content (AvgIpc) is 3.03. The van der Waals surface area contributed by atoms with Crippen molar-refractivity contribution >= 4 is 17.5 Å². The Labute approximate surface area is 210 Å². The van der Waals surface area contributed by atoms with Gasteiger partial charge in [-0.1, -0.05) is 46.6 Å². The third-order valence-corrected chi connectivity index (χ3v) is 9.89. The Morgan fingerprint density at radius 3 is 2.56 bits per heavy atom. The highest BCUT2D eigenvalue weighted by Gasteiger charge is 2.73. The molecule has 0 aliphatic heterocycles. The molecule has 8 heteroatoms. The van der Waals surface area contributed by atoms with Gasteiger partial charge >= 0.3 is 5.97 Å². The van der Waals surface area contributed by atoms with Gasteiger partial charge in [-0.15, -0.1) is 0 Å². The fraction of sp³-hybridized carbons (Fsp3) is 0.750. The number of hydrogen-bond donors (Lipinski definition) is 1. The summed E-state index contributed by atoms with van der Waals surface area (Å²) in [6.07, 6.45) is 2.42. The van der Waals surface area contributed by atoms with Crippen LogP contribution in [0.15, 0.2) is 23.6 Å². The minimum Gasteiger partial charge on any atom is -0.450 e. The molecule has 0 bridgehead atoms. The maximum atomic E-state index is 15.6. The molecule has 200 valence electrons. The largest absolute Gasteiger partial charge is 0.450 e. The first-order chi connectivity index (χ1) is 16.9. The molecule has 0 heterocycles. The number of Topliss-reactive ketones (excluding diaryl/α,β-unsaturated/α-hetero) is 1. The van der Waals surface area contributed by atoms with Crippen molar-refractivity contribution in [2.75, 3.05) is 6.67 Å². The standard InChI is InChI=1S/C28H37F3O5/c1-5-6-7-8-22(35)36-28(21(34)14-29)15(2)11-17-16-12-18(30)24-25(31)19(32)9-10-26(24,3)23(16)20(33)13-27(17,28)4/h9-10,15-18,20,23,33H,5-8,11-14H2,1-4H3/t15-,16+,17+,18+,20+,23-,26-,27+,28+/m1/s1. The molecule has 36 heavy (non-hydrogen) atoms. The quantitative estimate of drug-likeness (QED) is 0.378. The number of ketones is 2. The molecule has 0 unspecified atom stereocenters. The van der Waals surface area contributed by atoms with Crippen LogP contribution in [0, 0.1) is 34.5 Å². The van der Waals surface area contributed by atoms with E-state index in [1.54, 1.807) is 20.8 Å². The number of aliphatic hydroxyl groups excluding tert-OH is 1. The zero-order chi connectivity index (χ0) is 26.6. The van der Waals surface area contributed by atoms with E-state index >= 15 is 4.39 Å². The predicted molar refractivity (Wildman–Crippen MR) is 127 cm³/mol. The molecule has 0 aromatic carbocycles. The van der Waals surface area contributed by atoms with Crippen LogP contribution in [-0.2, 0) is 19.1 Å². The van der Waals surface area contributed by atoms with Gasteiger partial charge in [0.05, 0.1) is 6.10 Å².